The zero-order valence-electron chi connectivity index (χ0n) is 3.33. The largest absolute Gasteiger partial charge is 0.114 e. The lowest BCUT2D eigenvalue weighted by Gasteiger charge is -1.77. The second-order valence-corrected chi connectivity index (χ2v) is 3.59. The highest BCUT2D eigenvalue weighted by atomic mass is 35.5. The molecular weight excluding hydrogens is 135 g/mol. The van der Waals surface area contributed by atoms with Gasteiger partial charge >= 0.3 is 0 Å². The van der Waals surface area contributed by atoms with Gasteiger partial charge in [-0.3, -0.25) is 0 Å². The molecule has 6 heavy (non-hydrogen) atoms. The van der Waals surface area contributed by atoms with Crippen molar-refractivity contribution in [1.29, 1.82) is 0 Å². The molecule has 3 heteroatoms. The van der Waals surface area contributed by atoms with Crippen LogP contribution in [0.4, 0.5) is 0 Å². The molecule has 0 aliphatic rings. The number of hydrogen-bond acceptors (Lipinski definition) is 0. The fourth-order valence-electron chi connectivity index (χ4n) is 0.0752. The van der Waals surface area contributed by atoms with Crippen LogP contribution >= 0.6 is 23.2 Å². The SMILES string of the molecule is [SiH3]C(Cl)C#CCl. The van der Waals surface area contributed by atoms with E-state index in [9.17, 15) is 0 Å². The quantitative estimate of drug-likeness (QED) is 0.254. The van der Waals surface area contributed by atoms with Crippen LogP contribution < -0.4 is 0 Å². The van der Waals surface area contributed by atoms with E-state index in [2.05, 4.69) is 11.3 Å². The molecule has 1 atom stereocenters. The lowest BCUT2D eigenvalue weighted by Crippen LogP contribution is -1.87. The van der Waals surface area contributed by atoms with Crippen molar-refractivity contribution in [2.24, 2.45) is 0 Å². The van der Waals surface area contributed by atoms with Gasteiger partial charge in [-0.05, 0) is 11.6 Å². The Morgan fingerprint density at radius 1 is 1.67 bits per heavy atom. The molecular formula is C3H4Cl2Si. The first-order valence-corrected chi connectivity index (χ1v) is 3.49. The molecule has 0 spiro atoms. The first-order valence-electron chi connectivity index (χ1n) is 1.52. The van der Waals surface area contributed by atoms with Gasteiger partial charge in [-0.1, -0.05) is 5.92 Å². The molecule has 0 radical (unpaired) electrons. The number of halogens is 2. The molecule has 0 aromatic heterocycles. The number of alkyl halides is 1. The average Bonchev–Trinajstić information content (AvgIpc) is 1.35. The third-order valence-electron chi connectivity index (χ3n) is 0.253. The number of hydrogen-bond donors (Lipinski definition) is 0. The van der Waals surface area contributed by atoms with Crippen molar-refractivity contribution < 1.29 is 0 Å². The van der Waals surface area contributed by atoms with E-state index in [-0.39, 0.29) is 5.00 Å². The summed E-state index contributed by atoms with van der Waals surface area (Å²) in [4.78, 5) is 0. The minimum atomic E-state index is 0.0162. The summed E-state index contributed by atoms with van der Waals surface area (Å²) in [5.41, 5.74) is 0. The molecule has 0 nitrogen and oxygen atoms in total. The fourth-order valence-corrected chi connectivity index (χ4v) is 0.677. The third-order valence-corrected chi connectivity index (χ3v) is 0.760. The topological polar surface area (TPSA) is 0 Å². The lowest BCUT2D eigenvalue weighted by atomic mass is 10.8. The van der Waals surface area contributed by atoms with Crippen LogP contribution in [0.5, 0.6) is 0 Å². The Kier molecular flexibility index (Phi) is 3.75. The molecule has 0 rings (SSSR count). The monoisotopic (exact) mass is 138 g/mol. The van der Waals surface area contributed by atoms with Crippen molar-refractivity contribution in [2.75, 3.05) is 0 Å². The molecule has 0 amide bonds. The van der Waals surface area contributed by atoms with Crippen molar-refractivity contribution in [3.63, 3.8) is 0 Å². The molecule has 0 bridgehead atoms. The molecule has 34 valence electrons. The van der Waals surface area contributed by atoms with Crippen LogP contribution in [0.2, 0.25) is 0 Å². The highest BCUT2D eigenvalue weighted by Crippen LogP contribution is 1.82. The highest BCUT2D eigenvalue weighted by molar-refractivity contribution is 6.43. The third kappa shape index (κ3) is 4.36. The van der Waals surface area contributed by atoms with Gasteiger partial charge in [0.1, 0.15) is 0 Å². The van der Waals surface area contributed by atoms with Crippen LogP contribution in [0.15, 0.2) is 0 Å². The van der Waals surface area contributed by atoms with Crippen LogP contribution in [0.3, 0.4) is 0 Å². The summed E-state index contributed by atoms with van der Waals surface area (Å²) in [6, 6.07) is 0. The van der Waals surface area contributed by atoms with Gasteiger partial charge in [-0.25, -0.2) is 0 Å². The van der Waals surface area contributed by atoms with Crippen molar-refractivity contribution in [1.82, 2.24) is 0 Å². The van der Waals surface area contributed by atoms with E-state index in [1.807, 2.05) is 0 Å². The van der Waals surface area contributed by atoms with E-state index in [4.69, 9.17) is 23.2 Å². The summed E-state index contributed by atoms with van der Waals surface area (Å²) < 4.78 is 0. The molecule has 0 heterocycles. The summed E-state index contributed by atoms with van der Waals surface area (Å²) in [6.07, 6.45) is 0. The Morgan fingerprint density at radius 2 is 2.17 bits per heavy atom. The summed E-state index contributed by atoms with van der Waals surface area (Å²) in [6.45, 7) is 0. The summed E-state index contributed by atoms with van der Waals surface area (Å²) in [5.74, 6) is 2.55. The van der Waals surface area contributed by atoms with E-state index in [0.717, 1.165) is 10.2 Å². The van der Waals surface area contributed by atoms with E-state index >= 15 is 0 Å². The van der Waals surface area contributed by atoms with Crippen LogP contribution in [0.25, 0.3) is 0 Å². The van der Waals surface area contributed by atoms with Crippen LogP contribution in [0, 0.1) is 11.3 Å². The molecule has 1 unspecified atom stereocenters. The molecule has 0 aliphatic carbocycles. The van der Waals surface area contributed by atoms with E-state index in [0.29, 0.717) is 0 Å². The van der Waals surface area contributed by atoms with Gasteiger partial charge in [0.2, 0.25) is 0 Å². The fraction of sp³-hybridized carbons (Fsp3) is 0.333. The van der Waals surface area contributed by atoms with E-state index in [1.54, 1.807) is 0 Å². The maximum atomic E-state index is 5.38. The minimum Gasteiger partial charge on any atom is -0.114 e. The maximum Gasteiger partial charge on any atom is 0.0761 e. The zero-order chi connectivity index (χ0) is 4.99. The van der Waals surface area contributed by atoms with Crippen molar-refractivity contribution in [2.45, 2.75) is 5.00 Å². The predicted molar refractivity (Wildman–Crippen MR) is 33.2 cm³/mol. The first kappa shape index (κ1) is 6.36. The second kappa shape index (κ2) is 3.54. The Balaban J connectivity index is 3.20. The molecule has 0 saturated heterocycles. The Hall–Kier alpha value is 0.357. The smallest absolute Gasteiger partial charge is 0.0761 e. The minimum absolute atomic E-state index is 0.0162. The van der Waals surface area contributed by atoms with Crippen LogP contribution in [0.1, 0.15) is 0 Å². The Morgan fingerprint density at radius 3 is 2.17 bits per heavy atom. The zero-order valence-corrected chi connectivity index (χ0v) is 6.85. The van der Waals surface area contributed by atoms with Crippen molar-refractivity contribution in [3.05, 3.63) is 0 Å². The van der Waals surface area contributed by atoms with Gasteiger partial charge in [-0.15, -0.1) is 11.6 Å². The van der Waals surface area contributed by atoms with Gasteiger partial charge in [0, 0.05) is 15.6 Å². The standard InChI is InChI=1S/C3H4Cl2Si/c4-2-1-3(5)6/h3H,6H3. The molecule has 0 aromatic carbocycles. The average molecular weight is 139 g/mol. The van der Waals surface area contributed by atoms with Crippen molar-refractivity contribution in [3.8, 4) is 11.3 Å². The summed E-state index contributed by atoms with van der Waals surface area (Å²) in [5, 5.41) is 2.21. The molecule has 0 saturated carbocycles. The lowest BCUT2D eigenvalue weighted by molar-refractivity contribution is 1.73. The Labute approximate surface area is 50.2 Å². The van der Waals surface area contributed by atoms with Crippen LogP contribution in [-0.2, 0) is 0 Å². The Bertz CT molecular complexity index is 78.5. The van der Waals surface area contributed by atoms with Gasteiger partial charge in [0.25, 0.3) is 0 Å². The van der Waals surface area contributed by atoms with E-state index < -0.39 is 0 Å². The van der Waals surface area contributed by atoms with Gasteiger partial charge in [0.15, 0.2) is 0 Å². The highest BCUT2D eigenvalue weighted by Gasteiger charge is 1.80. The van der Waals surface area contributed by atoms with Gasteiger partial charge in [-0.2, -0.15) is 0 Å². The molecule has 0 fully saturated rings. The van der Waals surface area contributed by atoms with Gasteiger partial charge in [0.05, 0.1) is 5.00 Å². The molecule has 0 aliphatic heterocycles. The molecule has 0 aromatic rings. The normalized spacial score (nSPS) is 12.3. The number of rotatable bonds is 0. The second-order valence-electron chi connectivity index (χ2n) is 0.855. The summed E-state index contributed by atoms with van der Waals surface area (Å²) in [7, 11) is 0.886. The summed E-state index contributed by atoms with van der Waals surface area (Å²) >= 11 is 10.4. The predicted octanol–water partition coefficient (Wildman–Crippen LogP) is 0.116. The van der Waals surface area contributed by atoms with Crippen LogP contribution in [-0.4, -0.2) is 15.2 Å². The first-order chi connectivity index (χ1) is 2.77. The maximum absolute atomic E-state index is 5.38. The van der Waals surface area contributed by atoms with Crippen molar-refractivity contribution >= 4 is 33.4 Å². The van der Waals surface area contributed by atoms with Gasteiger partial charge < -0.3 is 0 Å². The van der Waals surface area contributed by atoms with E-state index in [1.165, 1.54) is 0 Å². The molecule has 0 N–H and O–H groups in total.